The molecule has 1 aromatic rings. The fraction of sp³-hybridized carbons (Fsp3) is 0.550. The molecule has 0 saturated carbocycles. The summed E-state index contributed by atoms with van der Waals surface area (Å²) in [4.78, 5) is 42.1. The van der Waals surface area contributed by atoms with Crippen LogP contribution in [0.5, 0.6) is 0 Å². The first-order valence-corrected chi connectivity index (χ1v) is 9.48. The number of carbonyl (C=O) groups excluding carboxylic acids is 3. The van der Waals surface area contributed by atoms with Gasteiger partial charge in [0.1, 0.15) is 17.5 Å². The Bertz CT molecular complexity index is 823. The quantitative estimate of drug-likeness (QED) is 0.668. The maximum absolute atomic E-state index is 14.0. The van der Waals surface area contributed by atoms with Gasteiger partial charge in [0.05, 0.1) is 20.2 Å². The van der Waals surface area contributed by atoms with Gasteiger partial charge in [-0.2, -0.15) is 0 Å². The number of methoxy groups -OCH3 is 1. The number of nitrogens with zero attached hydrogens (tertiary/aromatic N) is 3. The Labute approximate surface area is 169 Å². The van der Waals surface area contributed by atoms with Crippen LogP contribution in [0.3, 0.4) is 0 Å². The van der Waals surface area contributed by atoms with Gasteiger partial charge in [0, 0.05) is 25.2 Å². The molecule has 29 heavy (non-hydrogen) atoms. The van der Waals surface area contributed by atoms with Crippen molar-refractivity contribution in [3.8, 4) is 0 Å². The van der Waals surface area contributed by atoms with Gasteiger partial charge in [-0.05, 0) is 32.4 Å². The zero-order chi connectivity index (χ0) is 21.3. The smallest absolute Gasteiger partial charge is 0.410 e. The van der Waals surface area contributed by atoms with E-state index in [1.807, 2.05) is 0 Å². The fourth-order valence-electron chi connectivity index (χ4n) is 3.54. The number of ether oxygens (including phenoxy) is 2. The molecule has 0 bridgehead atoms. The number of esters is 1. The van der Waals surface area contributed by atoms with Crippen molar-refractivity contribution in [2.75, 3.05) is 26.7 Å². The molecule has 0 radical (unpaired) electrons. The minimum atomic E-state index is -0.956. The molecule has 1 aromatic carbocycles. The SMILES string of the molecule is COC(=O)[C@H]1CN(C(=O)OC(C)(C)C)CCN1C(=O)N1Cc2cccc(F)c2C1. The van der Waals surface area contributed by atoms with Gasteiger partial charge in [-0.3, -0.25) is 0 Å². The summed E-state index contributed by atoms with van der Waals surface area (Å²) in [6.45, 7) is 6.03. The molecule has 2 aliphatic heterocycles. The first kappa shape index (κ1) is 20.9. The summed E-state index contributed by atoms with van der Waals surface area (Å²) >= 11 is 0. The average Bonchev–Trinajstić information content (AvgIpc) is 3.10. The highest BCUT2D eigenvalue weighted by atomic mass is 19.1. The number of piperazine rings is 1. The maximum Gasteiger partial charge on any atom is 0.410 e. The van der Waals surface area contributed by atoms with Gasteiger partial charge in [0.25, 0.3) is 0 Å². The third kappa shape index (κ3) is 4.44. The van der Waals surface area contributed by atoms with Crippen molar-refractivity contribution < 1.29 is 28.2 Å². The van der Waals surface area contributed by atoms with Gasteiger partial charge in [-0.1, -0.05) is 12.1 Å². The molecule has 158 valence electrons. The molecule has 1 fully saturated rings. The zero-order valence-corrected chi connectivity index (χ0v) is 17.1. The predicted molar refractivity (Wildman–Crippen MR) is 101 cm³/mol. The molecule has 0 aliphatic carbocycles. The molecule has 1 saturated heterocycles. The van der Waals surface area contributed by atoms with Gasteiger partial charge in [0.2, 0.25) is 0 Å². The molecule has 2 heterocycles. The van der Waals surface area contributed by atoms with Crippen molar-refractivity contribution in [3.05, 3.63) is 35.1 Å². The number of urea groups is 1. The third-order valence-electron chi connectivity index (χ3n) is 4.95. The van der Waals surface area contributed by atoms with Crippen molar-refractivity contribution in [1.82, 2.24) is 14.7 Å². The molecule has 0 N–H and O–H groups in total. The van der Waals surface area contributed by atoms with E-state index in [0.29, 0.717) is 5.56 Å². The van der Waals surface area contributed by atoms with Gasteiger partial charge in [-0.25, -0.2) is 18.8 Å². The molecule has 0 spiro atoms. The topological polar surface area (TPSA) is 79.4 Å². The molecular formula is C20H26FN3O5. The normalized spacial score (nSPS) is 19.1. The van der Waals surface area contributed by atoms with Crippen LogP contribution in [0.25, 0.3) is 0 Å². The van der Waals surface area contributed by atoms with E-state index in [2.05, 4.69) is 0 Å². The lowest BCUT2D eigenvalue weighted by atomic mass is 10.1. The van der Waals surface area contributed by atoms with E-state index in [0.717, 1.165) is 5.56 Å². The Morgan fingerprint density at radius 2 is 1.83 bits per heavy atom. The second-order valence-electron chi connectivity index (χ2n) is 8.17. The number of hydrogen-bond donors (Lipinski definition) is 0. The Morgan fingerprint density at radius 3 is 2.45 bits per heavy atom. The standard InChI is InChI=1S/C20H26FN3O5/c1-20(2,3)29-19(27)22-8-9-24(16(12-22)17(25)28-4)18(26)23-10-13-6-5-7-15(21)14(13)11-23/h5-7,16H,8-12H2,1-4H3/t16-/m1/s1. The number of hydrogen-bond acceptors (Lipinski definition) is 5. The van der Waals surface area contributed by atoms with Crippen molar-refractivity contribution >= 4 is 18.1 Å². The van der Waals surface area contributed by atoms with Crippen LogP contribution < -0.4 is 0 Å². The lowest BCUT2D eigenvalue weighted by Crippen LogP contribution is -2.61. The summed E-state index contributed by atoms with van der Waals surface area (Å²) in [5.41, 5.74) is 0.569. The number of benzene rings is 1. The van der Waals surface area contributed by atoms with Crippen LogP contribution in [0.1, 0.15) is 31.9 Å². The molecule has 8 nitrogen and oxygen atoms in total. The lowest BCUT2D eigenvalue weighted by Gasteiger charge is -2.41. The van der Waals surface area contributed by atoms with E-state index in [1.54, 1.807) is 32.9 Å². The molecule has 0 aromatic heterocycles. The second-order valence-corrected chi connectivity index (χ2v) is 8.17. The Hall–Kier alpha value is -2.84. The van der Waals surface area contributed by atoms with Gasteiger partial charge in [-0.15, -0.1) is 0 Å². The van der Waals surface area contributed by atoms with Crippen molar-refractivity contribution in [3.63, 3.8) is 0 Å². The van der Waals surface area contributed by atoms with E-state index in [4.69, 9.17) is 9.47 Å². The monoisotopic (exact) mass is 407 g/mol. The highest BCUT2D eigenvalue weighted by Crippen LogP contribution is 2.27. The Kier molecular flexibility index (Phi) is 5.68. The largest absolute Gasteiger partial charge is 0.467 e. The Balaban J connectivity index is 1.74. The summed E-state index contributed by atoms with van der Waals surface area (Å²) in [5, 5.41) is 0. The second kappa shape index (κ2) is 7.88. The van der Waals surface area contributed by atoms with Crippen LogP contribution >= 0.6 is 0 Å². The summed E-state index contributed by atoms with van der Waals surface area (Å²) < 4.78 is 24.2. The van der Waals surface area contributed by atoms with Crippen molar-refractivity contribution in [2.24, 2.45) is 0 Å². The van der Waals surface area contributed by atoms with E-state index in [-0.39, 0.29) is 44.6 Å². The van der Waals surface area contributed by atoms with Crippen LogP contribution in [0, 0.1) is 5.82 Å². The van der Waals surface area contributed by atoms with Crippen LogP contribution in [0.4, 0.5) is 14.0 Å². The fourth-order valence-corrected chi connectivity index (χ4v) is 3.54. The average molecular weight is 407 g/mol. The number of halogens is 1. The van der Waals surface area contributed by atoms with Crippen LogP contribution in [-0.4, -0.2) is 71.2 Å². The van der Waals surface area contributed by atoms with Gasteiger partial charge >= 0.3 is 18.1 Å². The predicted octanol–water partition coefficient (Wildman–Crippen LogP) is 2.36. The first-order chi connectivity index (χ1) is 13.6. The minimum Gasteiger partial charge on any atom is -0.467 e. The molecule has 3 amide bonds. The molecule has 1 atom stereocenters. The number of rotatable bonds is 1. The van der Waals surface area contributed by atoms with Crippen LogP contribution in [0.15, 0.2) is 18.2 Å². The zero-order valence-electron chi connectivity index (χ0n) is 17.1. The van der Waals surface area contributed by atoms with Crippen molar-refractivity contribution in [1.29, 1.82) is 0 Å². The number of fused-ring (bicyclic) bond motifs is 1. The summed E-state index contributed by atoms with van der Waals surface area (Å²) in [6, 6.07) is 3.41. The molecule has 9 heteroatoms. The van der Waals surface area contributed by atoms with E-state index < -0.39 is 23.7 Å². The number of amides is 3. The maximum atomic E-state index is 14.0. The summed E-state index contributed by atoms with van der Waals surface area (Å²) in [7, 11) is 1.23. The van der Waals surface area contributed by atoms with Crippen LogP contribution in [-0.2, 0) is 27.4 Å². The highest BCUT2D eigenvalue weighted by Gasteiger charge is 2.41. The minimum absolute atomic E-state index is 0.0253. The number of carbonyl (C=O) groups is 3. The van der Waals surface area contributed by atoms with Gasteiger partial charge < -0.3 is 24.2 Å². The Morgan fingerprint density at radius 1 is 1.10 bits per heavy atom. The van der Waals surface area contributed by atoms with E-state index in [1.165, 1.54) is 27.9 Å². The van der Waals surface area contributed by atoms with Crippen LogP contribution in [0.2, 0.25) is 0 Å². The summed E-state index contributed by atoms with van der Waals surface area (Å²) in [6.07, 6.45) is -0.547. The lowest BCUT2D eigenvalue weighted by molar-refractivity contribution is -0.148. The molecular weight excluding hydrogens is 381 g/mol. The van der Waals surface area contributed by atoms with Gasteiger partial charge in [0.15, 0.2) is 0 Å². The molecule has 3 rings (SSSR count). The molecule has 0 unspecified atom stereocenters. The van der Waals surface area contributed by atoms with E-state index >= 15 is 0 Å². The highest BCUT2D eigenvalue weighted by molar-refractivity contribution is 5.85. The first-order valence-electron chi connectivity index (χ1n) is 9.48. The molecule has 2 aliphatic rings. The third-order valence-corrected chi connectivity index (χ3v) is 4.95. The van der Waals surface area contributed by atoms with Crippen molar-refractivity contribution in [2.45, 2.75) is 45.5 Å². The summed E-state index contributed by atoms with van der Waals surface area (Å²) in [5.74, 6) is -0.966. The van der Waals surface area contributed by atoms with E-state index in [9.17, 15) is 18.8 Å².